The number of rotatable bonds is 7. The van der Waals surface area contributed by atoms with E-state index in [2.05, 4.69) is 5.32 Å². The van der Waals surface area contributed by atoms with Crippen molar-refractivity contribution in [1.29, 1.82) is 0 Å². The van der Waals surface area contributed by atoms with Crippen LogP contribution in [-0.2, 0) is 20.6 Å². The number of hydrogen-bond donors (Lipinski definition) is 1. The summed E-state index contributed by atoms with van der Waals surface area (Å²) in [6, 6.07) is 12.6. The van der Waals surface area contributed by atoms with Crippen molar-refractivity contribution in [2.24, 2.45) is 5.92 Å². The highest BCUT2D eigenvalue weighted by Gasteiger charge is 2.32. The first-order valence-corrected chi connectivity index (χ1v) is 11.5. The monoisotopic (exact) mass is 432 g/mol. The van der Waals surface area contributed by atoms with Crippen LogP contribution < -0.4 is 14.8 Å². The van der Waals surface area contributed by atoms with Crippen LogP contribution in [-0.4, -0.2) is 45.9 Å². The lowest BCUT2D eigenvalue weighted by molar-refractivity contribution is -0.120. The van der Waals surface area contributed by atoms with Crippen LogP contribution in [0.4, 0.5) is 5.69 Å². The molecule has 1 atom stereocenters. The first-order chi connectivity index (χ1) is 14.3. The van der Waals surface area contributed by atoms with Crippen LogP contribution in [0.2, 0.25) is 0 Å². The van der Waals surface area contributed by atoms with Gasteiger partial charge in [0, 0.05) is 24.8 Å². The molecule has 0 spiro atoms. The van der Waals surface area contributed by atoms with Gasteiger partial charge in [-0.05, 0) is 43.0 Å². The molecule has 8 heteroatoms. The molecule has 0 aromatic heterocycles. The average Bonchev–Trinajstić information content (AvgIpc) is 2.75. The van der Waals surface area contributed by atoms with Gasteiger partial charge in [-0.15, -0.1) is 0 Å². The van der Waals surface area contributed by atoms with Gasteiger partial charge in [-0.2, -0.15) is 0 Å². The highest BCUT2D eigenvalue weighted by molar-refractivity contribution is 7.88. The summed E-state index contributed by atoms with van der Waals surface area (Å²) in [6.45, 7) is 2.53. The molecule has 0 radical (unpaired) electrons. The molecule has 0 unspecified atom stereocenters. The van der Waals surface area contributed by atoms with Gasteiger partial charge in [0.1, 0.15) is 0 Å². The molecule has 0 aliphatic carbocycles. The van der Waals surface area contributed by atoms with Gasteiger partial charge < -0.3 is 14.8 Å². The molecule has 1 heterocycles. The van der Waals surface area contributed by atoms with Gasteiger partial charge in [0.15, 0.2) is 11.5 Å². The van der Waals surface area contributed by atoms with E-state index >= 15 is 0 Å². The lowest BCUT2D eigenvalue weighted by atomic mass is 9.98. The van der Waals surface area contributed by atoms with Gasteiger partial charge in [-0.25, -0.2) is 12.7 Å². The molecule has 1 fully saturated rings. The molecule has 2 aromatic rings. The van der Waals surface area contributed by atoms with Gasteiger partial charge in [-0.3, -0.25) is 4.79 Å². The summed E-state index contributed by atoms with van der Waals surface area (Å²) in [5.74, 6) is 0.434. The number of methoxy groups -OCH3 is 2. The van der Waals surface area contributed by atoms with E-state index in [1.807, 2.05) is 31.2 Å². The van der Waals surface area contributed by atoms with Crippen molar-refractivity contribution in [3.05, 3.63) is 53.6 Å². The van der Waals surface area contributed by atoms with Crippen LogP contribution in [0.1, 0.15) is 24.0 Å². The Balaban J connectivity index is 1.68. The van der Waals surface area contributed by atoms with Crippen LogP contribution in [0.25, 0.3) is 0 Å². The number of hydrogen-bond acceptors (Lipinski definition) is 5. The van der Waals surface area contributed by atoms with Gasteiger partial charge >= 0.3 is 0 Å². The Bertz CT molecular complexity index is 1010. The maximum atomic E-state index is 13.0. The van der Waals surface area contributed by atoms with E-state index in [9.17, 15) is 13.2 Å². The summed E-state index contributed by atoms with van der Waals surface area (Å²) in [5.41, 5.74) is 2.31. The molecule has 0 saturated carbocycles. The number of amides is 1. The molecule has 7 nitrogen and oxygen atoms in total. The van der Waals surface area contributed by atoms with Gasteiger partial charge in [0.2, 0.25) is 15.9 Å². The summed E-state index contributed by atoms with van der Waals surface area (Å²) >= 11 is 0. The number of carbonyl (C=O) groups excluding carboxylic acids is 1. The van der Waals surface area contributed by atoms with Gasteiger partial charge in [-0.1, -0.05) is 24.3 Å². The van der Waals surface area contributed by atoms with Crippen molar-refractivity contribution in [2.75, 3.05) is 32.6 Å². The molecule has 162 valence electrons. The molecular weight excluding hydrogens is 404 g/mol. The lowest BCUT2D eigenvalue weighted by Crippen LogP contribution is -2.44. The van der Waals surface area contributed by atoms with Crippen molar-refractivity contribution in [3.8, 4) is 11.5 Å². The van der Waals surface area contributed by atoms with Crippen molar-refractivity contribution in [1.82, 2.24) is 4.31 Å². The number of ether oxygens (including phenoxy) is 2. The molecule has 2 aromatic carbocycles. The third-order valence-electron chi connectivity index (χ3n) is 5.40. The topological polar surface area (TPSA) is 84.9 Å². The van der Waals surface area contributed by atoms with E-state index in [1.54, 1.807) is 25.3 Å². The second-order valence-corrected chi connectivity index (χ2v) is 9.41. The van der Waals surface area contributed by atoms with E-state index < -0.39 is 15.9 Å². The zero-order valence-electron chi connectivity index (χ0n) is 17.6. The maximum absolute atomic E-state index is 13.0. The van der Waals surface area contributed by atoms with Gasteiger partial charge in [0.05, 0.1) is 25.9 Å². The third-order valence-corrected chi connectivity index (χ3v) is 7.19. The fourth-order valence-corrected chi connectivity index (χ4v) is 5.34. The molecule has 3 rings (SSSR count). The summed E-state index contributed by atoms with van der Waals surface area (Å²) in [4.78, 5) is 12.8. The highest BCUT2D eigenvalue weighted by Crippen LogP contribution is 2.30. The molecule has 1 amide bonds. The van der Waals surface area contributed by atoms with Crippen LogP contribution >= 0.6 is 0 Å². The van der Waals surface area contributed by atoms with E-state index in [0.717, 1.165) is 11.1 Å². The summed E-state index contributed by atoms with van der Waals surface area (Å²) in [5, 5.41) is 2.87. The standard InChI is InChI=1S/C22H28N2O5S/c1-16-7-4-5-8-18(16)15-30(26,27)24-12-6-9-17(14-24)22(25)23-19-10-11-20(28-2)21(13-19)29-3/h4-5,7-8,10-11,13,17H,6,9,12,14-15H2,1-3H3,(H,23,25)/t17-/m1/s1. The van der Waals surface area contributed by atoms with E-state index in [0.29, 0.717) is 36.6 Å². The molecule has 1 aliphatic heterocycles. The third kappa shape index (κ3) is 5.12. The van der Waals surface area contributed by atoms with Crippen molar-refractivity contribution in [3.63, 3.8) is 0 Å². The SMILES string of the molecule is COc1ccc(NC(=O)[C@@H]2CCCN(S(=O)(=O)Cc3ccccc3C)C2)cc1OC. The fraction of sp³-hybridized carbons (Fsp3) is 0.409. The summed E-state index contributed by atoms with van der Waals surface area (Å²) < 4.78 is 37.8. The quantitative estimate of drug-likeness (QED) is 0.726. The molecule has 0 bridgehead atoms. The molecule has 1 N–H and O–H groups in total. The fourth-order valence-electron chi connectivity index (χ4n) is 3.63. The Kier molecular flexibility index (Phi) is 6.99. The molecule has 30 heavy (non-hydrogen) atoms. The predicted molar refractivity (Wildman–Crippen MR) is 116 cm³/mol. The molecule has 1 aliphatic rings. The number of carbonyl (C=O) groups is 1. The minimum atomic E-state index is -3.50. The maximum Gasteiger partial charge on any atom is 0.228 e. The summed E-state index contributed by atoms with van der Waals surface area (Å²) in [7, 11) is -0.426. The van der Waals surface area contributed by atoms with E-state index in [-0.39, 0.29) is 18.2 Å². The zero-order valence-corrected chi connectivity index (χ0v) is 18.4. The summed E-state index contributed by atoms with van der Waals surface area (Å²) in [6.07, 6.45) is 1.30. The van der Waals surface area contributed by atoms with Crippen molar-refractivity contribution in [2.45, 2.75) is 25.5 Å². The Hall–Kier alpha value is -2.58. The second-order valence-electron chi connectivity index (χ2n) is 7.44. The van der Waals surface area contributed by atoms with Gasteiger partial charge in [0.25, 0.3) is 0 Å². The lowest BCUT2D eigenvalue weighted by Gasteiger charge is -2.31. The van der Waals surface area contributed by atoms with Crippen molar-refractivity contribution >= 4 is 21.6 Å². The van der Waals surface area contributed by atoms with Crippen LogP contribution in [0.5, 0.6) is 11.5 Å². The van der Waals surface area contributed by atoms with E-state index in [4.69, 9.17) is 9.47 Å². The van der Waals surface area contributed by atoms with Crippen LogP contribution in [0.3, 0.4) is 0 Å². The minimum Gasteiger partial charge on any atom is -0.493 e. The number of nitrogens with zero attached hydrogens (tertiary/aromatic N) is 1. The normalized spacial score (nSPS) is 17.4. The zero-order chi connectivity index (χ0) is 21.7. The highest BCUT2D eigenvalue weighted by atomic mass is 32.2. The Morgan fingerprint density at radius 2 is 1.87 bits per heavy atom. The van der Waals surface area contributed by atoms with Crippen LogP contribution in [0, 0.1) is 12.8 Å². The number of benzene rings is 2. The van der Waals surface area contributed by atoms with Crippen molar-refractivity contribution < 1.29 is 22.7 Å². The largest absolute Gasteiger partial charge is 0.493 e. The first kappa shape index (κ1) is 22.1. The number of aryl methyl sites for hydroxylation is 1. The minimum absolute atomic E-state index is 0.0519. The molecule has 1 saturated heterocycles. The average molecular weight is 433 g/mol. The van der Waals surface area contributed by atoms with Crippen LogP contribution in [0.15, 0.2) is 42.5 Å². The first-order valence-electron chi connectivity index (χ1n) is 9.89. The second kappa shape index (κ2) is 9.49. The Morgan fingerprint density at radius 3 is 2.57 bits per heavy atom. The predicted octanol–water partition coefficient (Wildman–Crippen LogP) is 3.19. The number of piperidine rings is 1. The van der Waals surface area contributed by atoms with E-state index in [1.165, 1.54) is 11.4 Å². The molecular formula is C22H28N2O5S. The Morgan fingerprint density at radius 1 is 1.13 bits per heavy atom. The number of anilines is 1. The Labute approximate surface area is 178 Å². The number of sulfonamides is 1. The number of nitrogens with one attached hydrogen (secondary N) is 1. The smallest absolute Gasteiger partial charge is 0.228 e.